The lowest BCUT2D eigenvalue weighted by Crippen LogP contribution is -2.41. The Bertz CT molecular complexity index is 892. The fourth-order valence-corrected chi connectivity index (χ4v) is 2.97. The quantitative estimate of drug-likeness (QED) is 0.821. The van der Waals surface area contributed by atoms with E-state index >= 15 is 0 Å². The number of nitrogens with one attached hydrogen (secondary N) is 1. The number of carbonyl (C=O) groups is 2. The summed E-state index contributed by atoms with van der Waals surface area (Å²) in [6, 6.07) is 15.0. The van der Waals surface area contributed by atoms with Crippen LogP contribution in [0.4, 0.5) is 4.79 Å². The molecular formula is C19H16ClN3O3. The topological polar surface area (TPSA) is 82.4 Å². The molecule has 0 saturated carbocycles. The van der Waals surface area contributed by atoms with Gasteiger partial charge in [0.15, 0.2) is 0 Å². The first-order chi connectivity index (χ1) is 12.4. The average molecular weight is 370 g/mol. The van der Waals surface area contributed by atoms with E-state index in [1.807, 2.05) is 6.07 Å². The average Bonchev–Trinajstić information content (AvgIpc) is 2.86. The number of ether oxygens (including phenoxy) is 1. The molecule has 1 N–H and O–H groups in total. The summed E-state index contributed by atoms with van der Waals surface area (Å²) in [6.45, 7) is 1.92. The zero-order valence-corrected chi connectivity index (χ0v) is 14.8. The van der Waals surface area contributed by atoms with Crippen molar-refractivity contribution in [2.24, 2.45) is 0 Å². The SMILES string of the molecule is C[C@]1(c2ccc(C#N)cc2)NC(=O)N(CCOc2cccc(Cl)c2)C1=O. The van der Waals surface area contributed by atoms with Gasteiger partial charge < -0.3 is 10.1 Å². The molecule has 0 spiro atoms. The van der Waals surface area contributed by atoms with Crippen LogP contribution in [0.5, 0.6) is 5.75 Å². The molecule has 0 bridgehead atoms. The second-order valence-electron chi connectivity index (χ2n) is 6.01. The van der Waals surface area contributed by atoms with Crippen LogP contribution in [-0.2, 0) is 10.3 Å². The van der Waals surface area contributed by atoms with E-state index in [0.717, 1.165) is 4.90 Å². The van der Waals surface area contributed by atoms with Gasteiger partial charge in [0.1, 0.15) is 17.9 Å². The highest BCUT2D eigenvalue weighted by atomic mass is 35.5. The zero-order valence-electron chi connectivity index (χ0n) is 14.0. The highest BCUT2D eigenvalue weighted by Crippen LogP contribution is 2.29. The second kappa shape index (κ2) is 7.06. The minimum atomic E-state index is -1.17. The Kier molecular flexibility index (Phi) is 4.83. The maximum absolute atomic E-state index is 12.8. The van der Waals surface area contributed by atoms with Gasteiger partial charge in [-0.15, -0.1) is 0 Å². The summed E-state index contributed by atoms with van der Waals surface area (Å²) in [5, 5.41) is 12.2. The number of nitriles is 1. The van der Waals surface area contributed by atoms with Crippen molar-refractivity contribution in [2.75, 3.05) is 13.2 Å². The molecule has 0 aromatic heterocycles. The van der Waals surface area contributed by atoms with E-state index in [9.17, 15) is 9.59 Å². The van der Waals surface area contributed by atoms with Crippen molar-refractivity contribution < 1.29 is 14.3 Å². The summed E-state index contributed by atoms with van der Waals surface area (Å²) in [4.78, 5) is 26.2. The smallest absolute Gasteiger partial charge is 0.325 e. The van der Waals surface area contributed by atoms with Crippen LogP contribution in [0.3, 0.4) is 0 Å². The Morgan fingerprint density at radius 2 is 1.96 bits per heavy atom. The van der Waals surface area contributed by atoms with Crippen molar-refractivity contribution in [3.8, 4) is 11.8 Å². The standard InChI is InChI=1S/C19H16ClN3O3/c1-19(14-7-5-13(12-21)6-8-14)17(24)23(18(25)22-19)9-10-26-16-4-2-3-15(20)11-16/h2-8,11H,9-10H2,1H3,(H,22,25)/t19-/m1/s1. The number of hydrogen-bond acceptors (Lipinski definition) is 4. The number of nitrogens with zero attached hydrogens (tertiary/aromatic N) is 2. The first-order valence-electron chi connectivity index (χ1n) is 7.97. The van der Waals surface area contributed by atoms with E-state index in [4.69, 9.17) is 21.6 Å². The van der Waals surface area contributed by atoms with Gasteiger partial charge in [0.2, 0.25) is 0 Å². The number of benzene rings is 2. The van der Waals surface area contributed by atoms with E-state index in [-0.39, 0.29) is 19.1 Å². The predicted octanol–water partition coefficient (Wildman–Crippen LogP) is 3.06. The van der Waals surface area contributed by atoms with Gasteiger partial charge in [-0.05, 0) is 42.8 Å². The van der Waals surface area contributed by atoms with Crippen LogP contribution in [0.2, 0.25) is 5.02 Å². The molecule has 3 rings (SSSR count). The van der Waals surface area contributed by atoms with Crippen LogP contribution in [0.25, 0.3) is 0 Å². The second-order valence-corrected chi connectivity index (χ2v) is 6.44. The number of amides is 3. The van der Waals surface area contributed by atoms with Crippen molar-refractivity contribution in [1.29, 1.82) is 5.26 Å². The molecule has 2 aromatic rings. The number of rotatable bonds is 5. The maximum atomic E-state index is 12.8. The molecule has 1 aliphatic rings. The maximum Gasteiger partial charge on any atom is 0.325 e. The Labute approximate surface area is 155 Å². The predicted molar refractivity (Wildman–Crippen MR) is 95.7 cm³/mol. The lowest BCUT2D eigenvalue weighted by molar-refractivity contribution is -0.131. The van der Waals surface area contributed by atoms with Crippen molar-refractivity contribution in [2.45, 2.75) is 12.5 Å². The van der Waals surface area contributed by atoms with Gasteiger partial charge in [-0.25, -0.2) is 4.79 Å². The number of hydrogen-bond donors (Lipinski definition) is 1. The number of urea groups is 1. The molecule has 1 saturated heterocycles. The highest BCUT2D eigenvalue weighted by Gasteiger charge is 2.48. The highest BCUT2D eigenvalue weighted by molar-refractivity contribution is 6.30. The fourth-order valence-electron chi connectivity index (χ4n) is 2.79. The zero-order chi connectivity index (χ0) is 18.7. The molecule has 3 amide bonds. The lowest BCUT2D eigenvalue weighted by Gasteiger charge is -2.22. The third-order valence-corrected chi connectivity index (χ3v) is 4.48. The molecule has 0 aliphatic carbocycles. The molecule has 26 heavy (non-hydrogen) atoms. The third kappa shape index (κ3) is 3.35. The van der Waals surface area contributed by atoms with Gasteiger partial charge in [-0.2, -0.15) is 5.26 Å². The van der Waals surface area contributed by atoms with Crippen LogP contribution in [0.15, 0.2) is 48.5 Å². The van der Waals surface area contributed by atoms with E-state index in [0.29, 0.717) is 21.9 Å². The summed E-state index contributed by atoms with van der Waals surface area (Å²) < 4.78 is 5.56. The minimum Gasteiger partial charge on any atom is -0.492 e. The summed E-state index contributed by atoms with van der Waals surface area (Å²) >= 11 is 5.90. The first-order valence-corrected chi connectivity index (χ1v) is 8.35. The van der Waals surface area contributed by atoms with Crippen LogP contribution in [0, 0.1) is 11.3 Å². The van der Waals surface area contributed by atoms with Crippen LogP contribution < -0.4 is 10.1 Å². The Morgan fingerprint density at radius 1 is 1.23 bits per heavy atom. The number of imide groups is 1. The van der Waals surface area contributed by atoms with Crippen LogP contribution in [-0.4, -0.2) is 30.0 Å². The summed E-state index contributed by atoms with van der Waals surface area (Å²) in [5.41, 5.74) is -0.0600. The molecule has 7 heteroatoms. The molecule has 1 aliphatic heterocycles. The molecule has 6 nitrogen and oxygen atoms in total. The van der Waals surface area contributed by atoms with Gasteiger partial charge in [0.25, 0.3) is 5.91 Å². The normalized spacial score (nSPS) is 19.2. The first kappa shape index (κ1) is 17.8. The summed E-state index contributed by atoms with van der Waals surface area (Å²) in [5.74, 6) is 0.210. The van der Waals surface area contributed by atoms with Crippen LogP contribution in [0.1, 0.15) is 18.1 Å². The number of carbonyl (C=O) groups excluding carboxylic acids is 2. The van der Waals surface area contributed by atoms with Gasteiger partial charge in [-0.3, -0.25) is 9.69 Å². The largest absolute Gasteiger partial charge is 0.492 e. The van der Waals surface area contributed by atoms with Crippen molar-refractivity contribution in [1.82, 2.24) is 10.2 Å². The summed E-state index contributed by atoms with van der Waals surface area (Å²) in [7, 11) is 0. The van der Waals surface area contributed by atoms with E-state index < -0.39 is 11.6 Å². The van der Waals surface area contributed by atoms with Crippen molar-refractivity contribution >= 4 is 23.5 Å². The molecule has 2 aromatic carbocycles. The van der Waals surface area contributed by atoms with Gasteiger partial charge in [0, 0.05) is 5.02 Å². The monoisotopic (exact) mass is 369 g/mol. The van der Waals surface area contributed by atoms with E-state index in [1.54, 1.807) is 55.5 Å². The van der Waals surface area contributed by atoms with E-state index in [1.165, 1.54) is 0 Å². The molecule has 1 atom stereocenters. The Hall–Kier alpha value is -3.04. The third-order valence-electron chi connectivity index (χ3n) is 4.25. The van der Waals surface area contributed by atoms with Gasteiger partial charge in [0.05, 0.1) is 18.2 Å². The molecular weight excluding hydrogens is 354 g/mol. The lowest BCUT2D eigenvalue weighted by atomic mass is 9.91. The molecule has 0 radical (unpaired) electrons. The van der Waals surface area contributed by atoms with E-state index in [2.05, 4.69) is 5.32 Å². The van der Waals surface area contributed by atoms with Crippen molar-refractivity contribution in [3.05, 3.63) is 64.7 Å². The van der Waals surface area contributed by atoms with Gasteiger partial charge in [-0.1, -0.05) is 29.8 Å². The molecule has 1 fully saturated rings. The minimum absolute atomic E-state index is 0.114. The van der Waals surface area contributed by atoms with Gasteiger partial charge >= 0.3 is 6.03 Å². The molecule has 0 unspecified atom stereocenters. The Morgan fingerprint density at radius 3 is 2.62 bits per heavy atom. The molecule has 1 heterocycles. The Balaban J connectivity index is 1.69. The fraction of sp³-hybridized carbons (Fsp3) is 0.211. The number of halogens is 1. The molecule has 132 valence electrons. The van der Waals surface area contributed by atoms with Crippen LogP contribution >= 0.6 is 11.6 Å². The van der Waals surface area contributed by atoms with Crippen molar-refractivity contribution in [3.63, 3.8) is 0 Å². The summed E-state index contributed by atoms with van der Waals surface area (Å²) in [6.07, 6.45) is 0.